The molecule has 3 aromatic carbocycles. The Morgan fingerprint density at radius 3 is 2.00 bits per heavy atom. The summed E-state index contributed by atoms with van der Waals surface area (Å²) in [6.07, 6.45) is 0. The molecule has 0 aliphatic rings. The Bertz CT molecular complexity index is 830. The lowest BCUT2D eigenvalue weighted by Gasteiger charge is -2.12. The Hall–Kier alpha value is -3.27. The first kappa shape index (κ1) is 23.8. The SMILES string of the molecule is CC.CC.COc1ccc(COc2ccccc2C(=O)Nc2ccccc2)cc1. The summed E-state index contributed by atoms with van der Waals surface area (Å²) in [5.41, 5.74) is 2.25. The third kappa shape index (κ3) is 7.70. The maximum Gasteiger partial charge on any atom is 0.259 e. The van der Waals surface area contributed by atoms with Gasteiger partial charge >= 0.3 is 0 Å². The fourth-order valence-corrected chi connectivity index (χ4v) is 2.38. The number of para-hydroxylation sites is 2. The molecule has 4 heteroatoms. The summed E-state index contributed by atoms with van der Waals surface area (Å²) in [5, 5.41) is 2.88. The summed E-state index contributed by atoms with van der Waals surface area (Å²) in [6, 6.07) is 24.2. The highest BCUT2D eigenvalue weighted by Gasteiger charge is 2.12. The van der Waals surface area contributed by atoms with Crippen LogP contribution in [-0.2, 0) is 6.61 Å². The van der Waals surface area contributed by atoms with Crippen LogP contribution >= 0.6 is 0 Å². The summed E-state index contributed by atoms with van der Waals surface area (Å²) in [4.78, 5) is 12.5. The molecule has 154 valence electrons. The monoisotopic (exact) mass is 393 g/mol. The van der Waals surface area contributed by atoms with Gasteiger partial charge in [-0.3, -0.25) is 4.79 Å². The molecule has 0 aliphatic carbocycles. The molecule has 4 nitrogen and oxygen atoms in total. The molecule has 0 unspecified atom stereocenters. The molecule has 0 spiro atoms. The van der Waals surface area contributed by atoms with E-state index in [0.717, 1.165) is 17.0 Å². The smallest absolute Gasteiger partial charge is 0.259 e. The van der Waals surface area contributed by atoms with Gasteiger partial charge in [0, 0.05) is 5.69 Å². The molecule has 0 saturated carbocycles. The van der Waals surface area contributed by atoms with E-state index < -0.39 is 0 Å². The van der Waals surface area contributed by atoms with Gasteiger partial charge in [0.25, 0.3) is 5.91 Å². The maximum absolute atomic E-state index is 12.5. The maximum atomic E-state index is 12.5. The van der Waals surface area contributed by atoms with E-state index in [-0.39, 0.29) is 5.91 Å². The summed E-state index contributed by atoms with van der Waals surface area (Å²) in [7, 11) is 1.63. The summed E-state index contributed by atoms with van der Waals surface area (Å²) < 4.78 is 11.0. The first-order valence-corrected chi connectivity index (χ1v) is 9.97. The second kappa shape index (κ2) is 13.8. The van der Waals surface area contributed by atoms with Crippen molar-refractivity contribution in [1.29, 1.82) is 0 Å². The van der Waals surface area contributed by atoms with Crippen molar-refractivity contribution in [2.45, 2.75) is 34.3 Å². The Kier molecular flexibility index (Phi) is 11.3. The molecular formula is C25H31NO3. The zero-order valence-electron chi connectivity index (χ0n) is 17.9. The van der Waals surface area contributed by atoms with Crippen molar-refractivity contribution in [3.8, 4) is 11.5 Å². The van der Waals surface area contributed by atoms with Crippen LogP contribution in [0.4, 0.5) is 5.69 Å². The molecule has 0 aromatic heterocycles. The van der Waals surface area contributed by atoms with E-state index in [4.69, 9.17) is 9.47 Å². The highest BCUT2D eigenvalue weighted by Crippen LogP contribution is 2.21. The van der Waals surface area contributed by atoms with Gasteiger partial charge in [-0.15, -0.1) is 0 Å². The van der Waals surface area contributed by atoms with E-state index in [9.17, 15) is 4.79 Å². The van der Waals surface area contributed by atoms with Crippen molar-refractivity contribution in [2.75, 3.05) is 12.4 Å². The molecule has 0 bridgehead atoms. The lowest BCUT2D eigenvalue weighted by molar-refractivity contribution is 0.102. The molecule has 0 radical (unpaired) electrons. The number of amides is 1. The van der Waals surface area contributed by atoms with E-state index >= 15 is 0 Å². The number of hydrogen-bond acceptors (Lipinski definition) is 3. The first-order valence-electron chi connectivity index (χ1n) is 9.97. The number of methoxy groups -OCH3 is 1. The quantitative estimate of drug-likeness (QED) is 0.514. The van der Waals surface area contributed by atoms with Gasteiger partial charge in [0.15, 0.2) is 0 Å². The van der Waals surface area contributed by atoms with E-state index in [2.05, 4.69) is 5.32 Å². The predicted octanol–water partition coefficient (Wildman–Crippen LogP) is 6.58. The molecule has 0 saturated heterocycles. The molecule has 1 N–H and O–H groups in total. The van der Waals surface area contributed by atoms with Gasteiger partial charge in [-0.2, -0.15) is 0 Å². The number of carbonyl (C=O) groups is 1. The van der Waals surface area contributed by atoms with Crippen molar-refractivity contribution < 1.29 is 14.3 Å². The van der Waals surface area contributed by atoms with E-state index in [1.165, 1.54) is 0 Å². The number of ether oxygens (including phenoxy) is 2. The van der Waals surface area contributed by atoms with E-state index in [1.54, 1.807) is 19.2 Å². The third-order valence-electron chi connectivity index (χ3n) is 3.72. The zero-order valence-corrected chi connectivity index (χ0v) is 17.9. The highest BCUT2D eigenvalue weighted by molar-refractivity contribution is 6.06. The average molecular weight is 394 g/mol. The lowest BCUT2D eigenvalue weighted by atomic mass is 10.1. The molecule has 3 aromatic rings. The Labute approximate surface area is 174 Å². The van der Waals surface area contributed by atoms with Crippen LogP contribution in [0.25, 0.3) is 0 Å². The number of anilines is 1. The van der Waals surface area contributed by atoms with Crippen molar-refractivity contribution in [3.05, 3.63) is 90.0 Å². The number of carbonyl (C=O) groups excluding carboxylic acids is 1. The second-order valence-electron chi connectivity index (χ2n) is 5.45. The van der Waals surface area contributed by atoms with Crippen molar-refractivity contribution in [2.24, 2.45) is 0 Å². The minimum Gasteiger partial charge on any atom is -0.497 e. The Morgan fingerprint density at radius 1 is 0.793 bits per heavy atom. The van der Waals surface area contributed by atoms with Crippen LogP contribution in [0.5, 0.6) is 11.5 Å². The highest BCUT2D eigenvalue weighted by atomic mass is 16.5. The predicted molar refractivity (Wildman–Crippen MR) is 121 cm³/mol. The second-order valence-corrected chi connectivity index (χ2v) is 5.45. The molecule has 1 amide bonds. The molecule has 0 aliphatic heterocycles. The zero-order chi connectivity index (χ0) is 21.5. The molecule has 0 atom stereocenters. The van der Waals surface area contributed by atoms with Crippen LogP contribution in [0.3, 0.4) is 0 Å². The van der Waals surface area contributed by atoms with Crippen LogP contribution in [0.1, 0.15) is 43.6 Å². The summed E-state index contributed by atoms with van der Waals surface area (Å²) in [5.74, 6) is 1.15. The standard InChI is InChI=1S/C21H19NO3.2C2H6/c1-24-18-13-11-16(12-14-18)15-25-20-10-6-5-9-19(20)21(23)22-17-7-3-2-4-8-17;2*1-2/h2-14H,15H2,1H3,(H,22,23);2*1-2H3. The fraction of sp³-hybridized carbons (Fsp3) is 0.240. The minimum atomic E-state index is -0.198. The van der Waals surface area contributed by atoms with Gasteiger partial charge in [0.05, 0.1) is 12.7 Å². The number of hydrogen-bond donors (Lipinski definition) is 1. The van der Waals surface area contributed by atoms with Gasteiger partial charge in [-0.1, -0.05) is 70.2 Å². The van der Waals surface area contributed by atoms with Gasteiger partial charge in [0.2, 0.25) is 0 Å². The van der Waals surface area contributed by atoms with Gasteiger partial charge < -0.3 is 14.8 Å². The van der Waals surface area contributed by atoms with Gasteiger partial charge in [0.1, 0.15) is 18.1 Å². The van der Waals surface area contributed by atoms with Crippen LogP contribution in [-0.4, -0.2) is 13.0 Å². The molecule has 0 heterocycles. The minimum absolute atomic E-state index is 0.198. The molecule has 29 heavy (non-hydrogen) atoms. The van der Waals surface area contributed by atoms with Gasteiger partial charge in [-0.05, 0) is 42.0 Å². The Morgan fingerprint density at radius 2 is 1.38 bits per heavy atom. The van der Waals surface area contributed by atoms with Crippen molar-refractivity contribution >= 4 is 11.6 Å². The van der Waals surface area contributed by atoms with Crippen LogP contribution in [0.15, 0.2) is 78.9 Å². The van der Waals surface area contributed by atoms with E-state index in [0.29, 0.717) is 17.9 Å². The number of nitrogens with one attached hydrogen (secondary N) is 1. The van der Waals surface area contributed by atoms with Crippen LogP contribution < -0.4 is 14.8 Å². The van der Waals surface area contributed by atoms with Crippen LogP contribution in [0, 0.1) is 0 Å². The van der Waals surface area contributed by atoms with Crippen LogP contribution in [0.2, 0.25) is 0 Å². The Balaban J connectivity index is 0.000000989. The summed E-state index contributed by atoms with van der Waals surface area (Å²) >= 11 is 0. The van der Waals surface area contributed by atoms with Gasteiger partial charge in [-0.25, -0.2) is 0 Å². The van der Waals surface area contributed by atoms with E-state index in [1.807, 2.05) is 94.4 Å². The third-order valence-corrected chi connectivity index (χ3v) is 3.72. The molecule has 3 rings (SSSR count). The lowest BCUT2D eigenvalue weighted by Crippen LogP contribution is -2.13. The normalized spacial score (nSPS) is 9.14. The fourth-order valence-electron chi connectivity index (χ4n) is 2.38. The molecular weight excluding hydrogens is 362 g/mol. The molecule has 0 fully saturated rings. The average Bonchev–Trinajstić information content (AvgIpc) is 2.81. The number of benzene rings is 3. The van der Waals surface area contributed by atoms with Crippen molar-refractivity contribution in [3.63, 3.8) is 0 Å². The number of rotatable bonds is 6. The topological polar surface area (TPSA) is 47.6 Å². The first-order chi connectivity index (χ1) is 14.3. The van der Waals surface area contributed by atoms with Crippen molar-refractivity contribution in [1.82, 2.24) is 0 Å². The largest absolute Gasteiger partial charge is 0.497 e. The summed E-state index contributed by atoms with van der Waals surface area (Å²) in [6.45, 7) is 8.37.